The standard InChI is InChI=1S/C9H7IN2O/c10-7-8(13-12-9(7)11)6-4-2-1-3-5-6/h1-5H,(H2,11,12). The van der Waals surface area contributed by atoms with Crippen LogP contribution in [0.2, 0.25) is 0 Å². The van der Waals surface area contributed by atoms with Crippen molar-refractivity contribution in [1.82, 2.24) is 5.16 Å². The number of benzene rings is 1. The molecule has 0 amide bonds. The number of hydrogen-bond acceptors (Lipinski definition) is 3. The quantitative estimate of drug-likeness (QED) is 0.819. The van der Waals surface area contributed by atoms with Gasteiger partial charge in [0.2, 0.25) is 0 Å². The Morgan fingerprint density at radius 1 is 1.23 bits per heavy atom. The molecule has 66 valence electrons. The highest BCUT2D eigenvalue weighted by atomic mass is 127. The van der Waals surface area contributed by atoms with Crippen molar-refractivity contribution in [3.63, 3.8) is 0 Å². The van der Waals surface area contributed by atoms with Crippen molar-refractivity contribution in [2.45, 2.75) is 0 Å². The maximum Gasteiger partial charge on any atom is 0.182 e. The van der Waals surface area contributed by atoms with Crippen LogP contribution in [0.4, 0.5) is 5.82 Å². The molecule has 0 atom stereocenters. The van der Waals surface area contributed by atoms with Gasteiger partial charge in [-0.05, 0) is 22.6 Å². The molecule has 0 spiro atoms. The van der Waals surface area contributed by atoms with E-state index >= 15 is 0 Å². The fraction of sp³-hybridized carbons (Fsp3) is 0. The van der Waals surface area contributed by atoms with Gasteiger partial charge in [-0.25, -0.2) is 0 Å². The van der Waals surface area contributed by atoms with Crippen LogP contribution in [0.5, 0.6) is 0 Å². The Kier molecular flexibility index (Phi) is 2.22. The van der Waals surface area contributed by atoms with Gasteiger partial charge in [-0.15, -0.1) is 0 Å². The van der Waals surface area contributed by atoms with Gasteiger partial charge in [0.1, 0.15) is 3.57 Å². The Balaban J connectivity index is 2.53. The summed E-state index contributed by atoms with van der Waals surface area (Å²) in [6.07, 6.45) is 0. The van der Waals surface area contributed by atoms with Crippen LogP contribution in [-0.2, 0) is 0 Å². The van der Waals surface area contributed by atoms with Gasteiger partial charge in [0, 0.05) is 5.56 Å². The lowest BCUT2D eigenvalue weighted by Crippen LogP contribution is -1.85. The minimum absolute atomic E-state index is 0.444. The van der Waals surface area contributed by atoms with Crippen molar-refractivity contribution in [2.24, 2.45) is 0 Å². The van der Waals surface area contributed by atoms with Crippen molar-refractivity contribution < 1.29 is 4.52 Å². The van der Waals surface area contributed by atoms with E-state index < -0.39 is 0 Å². The lowest BCUT2D eigenvalue weighted by molar-refractivity contribution is 0.435. The van der Waals surface area contributed by atoms with E-state index in [1.54, 1.807) is 0 Å². The Hall–Kier alpha value is -1.04. The molecule has 2 aromatic rings. The molecule has 3 nitrogen and oxygen atoms in total. The molecule has 0 aliphatic heterocycles. The Bertz CT molecular complexity index is 411. The molecule has 0 saturated carbocycles. The Labute approximate surface area is 89.1 Å². The number of nitrogens with zero attached hydrogens (tertiary/aromatic N) is 1. The molecular formula is C9H7IN2O. The third-order valence-electron chi connectivity index (χ3n) is 1.70. The summed E-state index contributed by atoms with van der Waals surface area (Å²) in [5.74, 6) is 1.18. The highest BCUT2D eigenvalue weighted by Crippen LogP contribution is 2.28. The first kappa shape index (κ1) is 8.55. The lowest BCUT2D eigenvalue weighted by atomic mass is 10.2. The molecule has 1 aromatic carbocycles. The zero-order valence-corrected chi connectivity index (χ0v) is 8.86. The summed E-state index contributed by atoms with van der Waals surface area (Å²) in [7, 11) is 0. The van der Waals surface area contributed by atoms with Gasteiger partial charge in [-0.2, -0.15) is 0 Å². The number of anilines is 1. The first-order valence-electron chi connectivity index (χ1n) is 3.75. The van der Waals surface area contributed by atoms with Gasteiger partial charge in [0.25, 0.3) is 0 Å². The van der Waals surface area contributed by atoms with E-state index in [0.717, 1.165) is 14.9 Å². The zero-order valence-electron chi connectivity index (χ0n) is 6.70. The first-order chi connectivity index (χ1) is 6.29. The van der Waals surface area contributed by atoms with Gasteiger partial charge in [0.05, 0.1) is 0 Å². The van der Waals surface area contributed by atoms with E-state index in [1.807, 2.05) is 30.3 Å². The van der Waals surface area contributed by atoms with Crippen molar-refractivity contribution >= 4 is 28.4 Å². The zero-order chi connectivity index (χ0) is 9.26. The maximum absolute atomic E-state index is 5.57. The Morgan fingerprint density at radius 3 is 2.46 bits per heavy atom. The molecule has 0 aliphatic rings. The monoisotopic (exact) mass is 286 g/mol. The fourth-order valence-corrected chi connectivity index (χ4v) is 1.57. The van der Waals surface area contributed by atoms with Crippen LogP contribution in [-0.4, -0.2) is 5.16 Å². The summed E-state index contributed by atoms with van der Waals surface area (Å²) in [5.41, 5.74) is 6.56. The van der Waals surface area contributed by atoms with E-state index in [2.05, 4.69) is 27.7 Å². The summed E-state index contributed by atoms with van der Waals surface area (Å²) in [5, 5.41) is 3.69. The molecule has 0 aliphatic carbocycles. The minimum atomic E-state index is 0.444. The van der Waals surface area contributed by atoms with Gasteiger partial charge in [-0.1, -0.05) is 35.5 Å². The molecule has 13 heavy (non-hydrogen) atoms. The molecule has 2 N–H and O–H groups in total. The van der Waals surface area contributed by atoms with Crippen LogP contribution in [0.3, 0.4) is 0 Å². The summed E-state index contributed by atoms with van der Waals surface area (Å²) in [6, 6.07) is 9.77. The second-order valence-corrected chi connectivity index (χ2v) is 3.66. The average Bonchev–Trinajstić information content (AvgIpc) is 2.49. The van der Waals surface area contributed by atoms with Gasteiger partial charge in [-0.3, -0.25) is 0 Å². The van der Waals surface area contributed by atoms with Crippen LogP contribution in [0.15, 0.2) is 34.9 Å². The summed E-state index contributed by atoms with van der Waals surface area (Å²) in [6.45, 7) is 0. The van der Waals surface area contributed by atoms with Crippen molar-refractivity contribution in [3.05, 3.63) is 33.9 Å². The second-order valence-electron chi connectivity index (χ2n) is 2.58. The average molecular weight is 286 g/mol. The molecule has 1 heterocycles. The van der Waals surface area contributed by atoms with E-state index in [9.17, 15) is 0 Å². The molecule has 4 heteroatoms. The lowest BCUT2D eigenvalue weighted by Gasteiger charge is -1.93. The summed E-state index contributed by atoms with van der Waals surface area (Å²) in [4.78, 5) is 0. The highest BCUT2D eigenvalue weighted by molar-refractivity contribution is 14.1. The number of hydrogen-bond donors (Lipinski definition) is 1. The van der Waals surface area contributed by atoms with Gasteiger partial charge < -0.3 is 10.3 Å². The number of nitrogen functional groups attached to an aromatic ring is 1. The predicted octanol–water partition coefficient (Wildman–Crippen LogP) is 2.53. The van der Waals surface area contributed by atoms with Crippen LogP contribution in [0, 0.1) is 3.57 Å². The van der Waals surface area contributed by atoms with Crippen molar-refractivity contribution in [2.75, 3.05) is 5.73 Å². The van der Waals surface area contributed by atoms with Crippen molar-refractivity contribution in [1.29, 1.82) is 0 Å². The van der Waals surface area contributed by atoms with E-state index in [1.165, 1.54) is 0 Å². The van der Waals surface area contributed by atoms with Crippen molar-refractivity contribution in [3.8, 4) is 11.3 Å². The highest BCUT2D eigenvalue weighted by Gasteiger charge is 2.11. The number of aromatic nitrogens is 1. The van der Waals surface area contributed by atoms with Gasteiger partial charge in [0.15, 0.2) is 11.6 Å². The number of nitrogens with two attached hydrogens (primary N) is 1. The van der Waals surface area contributed by atoms with Crippen LogP contribution in [0.1, 0.15) is 0 Å². The molecular weight excluding hydrogens is 279 g/mol. The smallest absolute Gasteiger partial charge is 0.182 e. The number of halogens is 1. The molecule has 2 rings (SSSR count). The largest absolute Gasteiger partial charge is 0.380 e. The van der Waals surface area contributed by atoms with Crippen LogP contribution < -0.4 is 5.73 Å². The molecule has 0 bridgehead atoms. The first-order valence-corrected chi connectivity index (χ1v) is 4.83. The molecule has 0 unspecified atom stereocenters. The van der Waals surface area contributed by atoms with Gasteiger partial charge >= 0.3 is 0 Å². The molecule has 0 fully saturated rings. The predicted molar refractivity (Wildman–Crippen MR) is 59.1 cm³/mol. The normalized spacial score (nSPS) is 10.2. The van der Waals surface area contributed by atoms with E-state index in [-0.39, 0.29) is 0 Å². The minimum Gasteiger partial charge on any atom is -0.380 e. The second kappa shape index (κ2) is 3.37. The number of rotatable bonds is 1. The Morgan fingerprint density at radius 2 is 1.92 bits per heavy atom. The molecule has 0 saturated heterocycles. The summed E-state index contributed by atoms with van der Waals surface area (Å²) >= 11 is 2.12. The fourth-order valence-electron chi connectivity index (χ4n) is 1.06. The third kappa shape index (κ3) is 1.53. The topological polar surface area (TPSA) is 52.0 Å². The summed E-state index contributed by atoms with van der Waals surface area (Å²) < 4.78 is 5.96. The van der Waals surface area contributed by atoms with Crippen LogP contribution in [0.25, 0.3) is 11.3 Å². The SMILES string of the molecule is Nc1noc(-c2ccccc2)c1I. The maximum atomic E-state index is 5.57. The molecule has 0 radical (unpaired) electrons. The molecule has 1 aromatic heterocycles. The van der Waals surface area contributed by atoms with E-state index in [0.29, 0.717) is 5.82 Å². The van der Waals surface area contributed by atoms with Crippen LogP contribution >= 0.6 is 22.6 Å². The van der Waals surface area contributed by atoms with E-state index in [4.69, 9.17) is 10.3 Å². The third-order valence-corrected chi connectivity index (χ3v) is 2.74.